The second-order valence-electron chi connectivity index (χ2n) is 10.3. The molecule has 2 N–H and O–H groups in total. The van der Waals surface area contributed by atoms with Gasteiger partial charge in [-0.1, -0.05) is 43.3 Å². The van der Waals surface area contributed by atoms with Crippen LogP contribution in [0.4, 0.5) is 16.4 Å². The van der Waals surface area contributed by atoms with E-state index < -0.39 is 11.7 Å². The monoisotopic (exact) mass is 523 g/mol. The molecule has 0 aliphatic heterocycles. The first-order chi connectivity index (χ1) is 18.7. The zero-order valence-electron chi connectivity index (χ0n) is 22.7. The van der Waals surface area contributed by atoms with E-state index in [1.807, 2.05) is 81.2 Å². The van der Waals surface area contributed by atoms with Gasteiger partial charge >= 0.3 is 6.09 Å². The molecule has 9 heteroatoms. The second kappa shape index (κ2) is 12.2. The number of hydrogen-bond donors (Lipinski definition) is 2. The lowest BCUT2D eigenvalue weighted by Gasteiger charge is -2.21. The highest BCUT2D eigenvalue weighted by Crippen LogP contribution is 2.26. The summed E-state index contributed by atoms with van der Waals surface area (Å²) in [6.07, 6.45) is 7.54. The van der Waals surface area contributed by atoms with E-state index in [1.54, 1.807) is 6.20 Å². The Morgan fingerprint density at radius 3 is 2.51 bits per heavy atom. The Labute approximate surface area is 228 Å². The molecule has 0 saturated carbocycles. The zero-order chi connectivity index (χ0) is 27.8. The van der Waals surface area contributed by atoms with Gasteiger partial charge in [-0.05, 0) is 56.4 Å². The molecule has 0 fully saturated rings. The summed E-state index contributed by atoms with van der Waals surface area (Å²) in [5.41, 5.74) is 4.34. The van der Waals surface area contributed by atoms with E-state index in [4.69, 9.17) is 4.74 Å². The second-order valence-corrected chi connectivity index (χ2v) is 10.3. The van der Waals surface area contributed by atoms with Gasteiger partial charge < -0.3 is 19.9 Å². The van der Waals surface area contributed by atoms with Crippen molar-refractivity contribution in [1.29, 1.82) is 5.26 Å². The molecular formula is C30H33N7O2. The maximum Gasteiger partial charge on any atom is 0.407 e. The summed E-state index contributed by atoms with van der Waals surface area (Å²) >= 11 is 0. The van der Waals surface area contributed by atoms with Gasteiger partial charge in [-0.15, -0.1) is 0 Å². The van der Waals surface area contributed by atoms with Gasteiger partial charge in [0.2, 0.25) is 5.95 Å². The molecule has 4 aromatic rings. The summed E-state index contributed by atoms with van der Waals surface area (Å²) in [4.78, 5) is 25.0. The summed E-state index contributed by atoms with van der Waals surface area (Å²) < 4.78 is 7.36. The Balaban J connectivity index is 1.40. The zero-order valence-corrected chi connectivity index (χ0v) is 22.7. The topological polar surface area (TPSA) is 118 Å². The lowest BCUT2D eigenvalue weighted by atomic mass is 9.98. The number of amides is 1. The first kappa shape index (κ1) is 27.3. The highest BCUT2D eigenvalue weighted by molar-refractivity contribution is 5.69. The van der Waals surface area contributed by atoms with Crippen LogP contribution in [0.25, 0.3) is 11.3 Å². The lowest BCUT2D eigenvalue weighted by molar-refractivity contribution is 0.0525. The fourth-order valence-corrected chi connectivity index (χ4v) is 3.94. The Kier molecular flexibility index (Phi) is 8.56. The van der Waals surface area contributed by atoms with Crippen LogP contribution in [-0.2, 0) is 17.7 Å². The third-order valence-electron chi connectivity index (χ3n) is 6.04. The number of hydrogen-bond acceptors (Lipinski definition) is 7. The van der Waals surface area contributed by atoms with Crippen LogP contribution in [0.2, 0.25) is 0 Å². The van der Waals surface area contributed by atoms with E-state index in [-0.39, 0.29) is 5.92 Å². The van der Waals surface area contributed by atoms with Gasteiger partial charge in [0.25, 0.3) is 0 Å². The van der Waals surface area contributed by atoms with Gasteiger partial charge in [-0.25, -0.2) is 19.7 Å². The van der Waals surface area contributed by atoms with Crippen LogP contribution >= 0.6 is 0 Å². The number of anilines is 2. The molecular weight excluding hydrogens is 490 g/mol. The fourth-order valence-electron chi connectivity index (χ4n) is 3.94. The minimum absolute atomic E-state index is 0.0764. The SMILES string of the molecule is CC(CNC(=O)OC(C)(C)C)c1ccc(-c2nc(Nc3ccc(CCn4ccnc4)cc3)ncc2C#N)cc1. The van der Waals surface area contributed by atoms with Gasteiger partial charge in [0, 0.05) is 36.7 Å². The van der Waals surface area contributed by atoms with Crippen molar-refractivity contribution in [2.45, 2.75) is 52.2 Å². The molecule has 0 bridgehead atoms. The van der Waals surface area contributed by atoms with Crippen molar-refractivity contribution < 1.29 is 9.53 Å². The predicted octanol–water partition coefficient (Wildman–Crippen LogP) is 5.83. The van der Waals surface area contributed by atoms with Crippen molar-refractivity contribution in [1.82, 2.24) is 24.8 Å². The van der Waals surface area contributed by atoms with Crippen LogP contribution in [0.5, 0.6) is 0 Å². The fraction of sp³-hybridized carbons (Fsp3) is 0.300. The van der Waals surface area contributed by atoms with Crippen LogP contribution in [0.3, 0.4) is 0 Å². The molecule has 2 aromatic carbocycles. The molecule has 0 aliphatic carbocycles. The van der Waals surface area contributed by atoms with E-state index >= 15 is 0 Å². The normalized spacial score (nSPS) is 11.9. The van der Waals surface area contributed by atoms with E-state index in [9.17, 15) is 10.1 Å². The average molecular weight is 524 g/mol. The van der Waals surface area contributed by atoms with Crippen LogP contribution < -0.4 is 10.6 Å². The molecule has 1 unspecified atom stereocenters. The third kappa shape index (κ3) is 7.89. The maximum atomic E-state index is 12.0. The van der Waals surface area contributed by atoms with Gasteiger partial charge in [-0.2, -0.15) is 5.26 Å². The summed E-state index contributed by atoms with van der Waals surface area (Å²) in [6, 6.07) is 18.1. The number of aryl methyl sites for hydroxylation is 2. The summed E-state index contributed by atoms with van der Waals surface area (Å²) in [5.74, 6) is 0.488. The third-order valence-corrected chi connectivity index (χ3v) is 6.04. The Morgan fingerprint density at radius 1 is 1.13 bits per heavy atom. The number of carbonyl (C=O) groups excluding carboxylic acids is 1. The molecule has 2 heterocycles. The van der Waals surface area contributed by atoms with Crippen LogP contribution in [0, 0.1) is 11.3 Å². The molecule has 0 radical (unpaired) electrons. The molecule has 1 atom stereocenters. The van der Waals surface area contributed by atoms with E-state index in [0.29, 0.717) is 23.8 Å². The number of carbonyl (C=O) groups is 1. The summed E-state index contributed by atoms with van der Waals surface area (Å²) in [5, 5.41) is 15.7. The Morgan fingerprint density at radius 2 is 1.87 bits per heavy atom. The first-order valence-corrected chi connectivity index (χ1v) is 12.9. The predicted molar refractivity (Wildman–Crippen MR) is 150 cm³/mol. The lowest BCUT2D eigenvalue weighted by Crippen LogP contribution is -2.34. The molecule has 0 aliphatic rings. The quantitative estimate of drug-likeness (QED) is 0.283. The number of imidazole rings is 1. The number of nitrogens with one attached hydrogen (secondary N) is 2. The molecule has 9 nitrogen and oxygen atoms in total. The molecule has 200 valence electrons. The number of aromatic nitrogens is 4. The summed E-state index contributed by atoms with van der Waals surface area (Å²) in [7, 11) is 0. The van der Waals surface area contributed by atoms with Crippen LogP contribution in [0.1, 0.15) is 50.3 Å². The number of ether oxygens (including phenoxy) is 1. The van der Waals surface area contributed by atoms with Crippen molar-refractivity contribution >= 4 is 17.7 Å². The van der Waals surface area contributed by atoms with Crippen molar-refractivity contribution in [3.8, 4) is 17.3 Å². The Hall–Kier alpha value is -4.71. The van der Waals surface area contributed by atoms with Crippen molar-refractivity contribution in [2.24, 2.45) is 0 Å². The largest absolute Gasteiger partial charge is 0.444 e. The van der Waals surface area contributed by atoms with Gasteiger partial charge in [0.1, 0.15) is 11.7 Å². The first-order valence-electron chi connectivity index (χ1n) is 12.9. The van der Waals surface area contributed by atoms with E-state index in [0.717, 1.165) is 29.8 Å². The number of alkyl carbamates (subject to hydrolysis) is 1. The van der Waals surface area contributed by atoms with Crippen molar-refractivity contribution in [3.05, 3.63) is 90.1 Å². The van der Waals surface area contributed by atoms with Crippen molar-refractivity contribution in [2.75, 3.05) is 11.9 Å². The van der Waals surface area contributed by atoms with Gasteiger partial charge in [0.05, 0.1) is 23.8 Å². The van der Waals surface area contributed by atoms with E-state index in [1.165, 1.54) is 11.8 Å². The van der Waals surface area contributed by atoms with Crippen LogP contribution in [0.15, 0.2) is 73.4 Å². The Bertz CT molecular complexity index is 1420. The molecule has 0 spiro atoms. The van der Waals surface area contributed by atoms with Gasteiger partial charge in [-0.3, -0.25) is 0 Å². The molecule has 0 saturated heterocycles. The number of rotatable bonds is 9. The standard InChI is InChI=1S/C30H33N7O2/c1-21(18-34-29(38)39-30(2,3)4)23-7-9-24(10-8-23)27-25(17-31)19-33-28(36-27)35-26-11-5-22(6-12-26)13-15-37-16-14-32-20-37/h5-12,14,16,19-21H,13,15,18H2,1-4H3,(H,34,38)(H,33,35,36). The van der Waals surface area contributed by atoms with Gasteiger partial charge in [0.15, 0.2) is 0 Å². The summed E-state index contributed by atoms with van der Waals surface area (Å²) in [6.45, 7) is 8.84. The maximum absolute atomic E-state index is 12.0. The number of nitrogens with zero attached hydrogens (tertiary/aromatic N) is 5. The average Bonchev–Trinajstić information content (AvgIpc) is 3.44. The highest BCUT2D eigenvalue weighted by Gasteiger charge is 2.17. The molecule has 2 aromatic heterocycles. The number of nitriles is 1. The highest BCUT2D eigenvalue weighted by atomic mass is 16.6. The van der Waals surface area contributed by atoms with Crippen molar-refractivity contribution in [3.63, 3.8) is 0 Å². The minimum atomic E-state index is -0.538. The van der Waals surface area contributed by atoms with Crippen LogP contribution in [-0.4, -0.2) is 37.8 Å². The molecule has 1 amide bonds. The smallest absolute Gasteiger partial charge is 0.407 e. The minimum Gasteiger partial charge on any atom is -0.444 e. The molecule has 4 rings (SSSR count). The number of benzene rings is 2. The molecule has 39 heavy (non-hydrogen) atoms. The van der Waals surface area contributed by atoms with E-state index in [2.05, 4.69) is 43.8 Å².